The van der Waals surface area contributed by atoms with Crippen molar-refractivity contribution in [2.24, 2.45) is 0 Å². The molecule has 2 N–H and O–H groups in total. The maximum absolute atomic E-state index is 11.7. The Balaban J connectivity index is 2.17. The zero-order valence-corrected chi connectivity index (χ0v) is 10.1. The molecule has 2 heterocycles. The first kappa shape index (κ1) is 11.5. The molecule has 1 amide bonds. The van der Waals surface area contributed by atoms with Gasteiger partial charge in [-0.15, -0.1) is 0 Å². The lowest BCUT2D eigenvalue weighted by Crippen LogP contribution is -2.16. The molecule has 0 aliphatic heterocycles. The van der Waals surface area contributed by atoms with Crippen molar-refractivity contribution in [2.75, 3.05) is 5.32 Å². The second kappa shape index (κ2) is 4.88. The number of nitrogens with one attached hydrogen (secondary N) is 2. The third-order valence-corrected chi connectivity index (χ3v) is 2.31. The quantitative estimate of drug-likeness (QED) is 0.814. The average Bonchev–Trinajstić information content (AvgIpc) is 2.32. The number of pyridine rings is 1. The highest BCUT2D eigenvalue weighted by molar-refractivity contribution is 9.10. The molecule has 0 aromatic carbocycles. The van der Waals surface area contributed by atoms with Gasteiger partial charge in [-0.3, -0.25) is 9.59 Å². The lowest BCUT2D eigenvalue weighted by atomic mass is 10.3. The van der Waals surface area contributed by atoms with Crippen LogP contribution in [-0.2, 0) is 0 Å². The lowest BCUT2D eigenvalue weighted by molar-refractivity contribution is 0.102. The van der Waals surface area contributed by atoms with Gasteiger partial charge in [0.2, 0.25) is 0 Å². The second-order valence-electron chi connectivity index (χ2n) is 3.11. The summed E-state index contributed by atoms with van der Waals surface area (Å²) < 4.78 is 0.569. The van der Waals surface area contributed by atoms with Gasteiger partial charge in [0, 0.05) is 6.07 Å². The number of aromatic nitrogens is 3. The van der Waals surface area contributed by atoms with Crippen LogP contribution in [0.1, 0.15) is 10.5 Å². The molecule has 2 aromatic heterocycles. The van der Waals surface area contributed by atoms with E-state index >= 15 is 0 Å². The van der Waals surface area contributed by atoms with Gasteiger partial charge in [0.05, 0.1) is 0 Å². The van der Waals surface area contributed by atoms with Crippen molar-refractivity contribution in [2.45, 2.75) is 0 Å². The Morgan fingerprint density at radius 1 is 1.29 bits per heavy atom. The fourth-order valence-electron chi connectivity index (χ4n) is 1.13. The third kappa shape index (κ3) is 2.97. The second-order valence-corrected chi connectivity index (χ2v) is 3.92. The highest BCUT2D eigenvalue weighted by atomic mass is 79.9. The predicted octanol–water partition coefficient (Wildman–Crippen LogP) is 1.18. The van der Waals surface area contributed by atoms with Gasteiger partial charge >= 0.3 is 0 Å². The number of carbonyl (C=O) groups excluding carboxylic acids is 1. The number of rotatable bonds is 2. The third-order valence-electron chi connectivity index (χ3n) is 1.87. The molecular weight excluding hydrogens is 288 g/mol. The number of halogens is 1. The summed E-state index contributed by atoms with van der Waals surface area (Å²) in [6, 6.07) is 7.68. The van der Waals surface area contributed by atoms with Crippen LogP contribution in [0.5, 0.6) is 0 Å². The molecule has 2 aromatic rings. The summed E-state index contributed by atoms with van der Waals surface area (Å²) in [5, 5.41) is 8.38. The van der Waals surface area contributed by atoms with Crippen molar-refractivity contribution in [1.82, 2.24) is 15.2 Å². The van der Waals surface area contributed by atoms with E-state index in [-0.39, 0.29) is 17.1 Å². The molecule has 0 bridgehead atoms. The molecule has 0 unspecified atom stereocenters. The Bertz CT molecular complexity index is 591. The lowest BCUT2D eigenvalue weighted by Gasteiger charge is -2.02. The molecule has 0 spiro atoms. The Kier molecular flexibility index (Phi) is 3.29. The molecule has 86 valence electrons. The van der Waals surface area contributed by atoms with E-state index in [0.717, 1.165) is 0 Å². The SMILES string of the molecule is O=C(Nc1ccc(=O)[nH]n1)c1cccc(Br)n1. The van der Waals surface area contributed by atoms with Crippen molar-refractivity contribution in [3.63, 3.8) is 0 Å². The van der Waals surface area contributed by atoms with Crippen molar-refractivity contribution in [1.29, 1.82) is 0 Å². The maximum atomic E-state index is 11.7. The van der Waals surface area contributed by atoms with Crippen molar-refractivity contribution < 1.29 is 4.79 Å². The van der Waals surface area contributed by atoms with Crippen LogP contribution in [0.2, 0.25) is 0 Å². The molecule has 2 rings (SSSR count). The minimum Gasteiger partial charge on any atom is -0.304 e. The highest BCUT2D eigenvalue weighted by Crippen LogP contribution is 2.07. The fourth-order valence-corrected chi connectivity index (χ4v) is 1.47. The van der Waals surface area contributed by atoms with Crippen LogP contribution in [-0.4, -0.2) is 21.1 Å². The van der Waals surface area contributed by atoms with E-state index in [0.29, 0.717) is 4.60 Å². The maximum Gasteiger partial charge on any atom is 0.275 e. The van der Waals surface area contributed by atoms with Crippen LogP contribution >= 0.6 is 15.9 Å². The minimum atomic E-state index is -0.397. The number of H-pyrrole nitrogens is 1. The van der Waals surface area contributed by atoms with Crippen LogP contribution in [0.4, 0.5) is 5.82 Å². The number of hydrogen-bond acceptors (Lipinski definition) is 4. The largest absolute Gasteiger partial charge is 0.304 e. The van der Waals surface area contributed by atoms with Crippen molar-refractivity contribution in [3.05, 3.63) is 51.0 Å². The molecule has 0 aliphatic carbocycles. The van der Waals surface area contributed by atoms with Gasteiger partial charge in [0.1, 0.15) is 10.3 Å². The molecule has 0 saturated carbocycles. The van der Waals surface area contributed by atoms with Gasteiger partial charge in [-0.05, 0) is 34.1 Å². The molecule has 17 heavy (non-hydrogen) atoms. The first-order valence-corrected chi connectivity index (χ1v) is 5.44. The van der Waals surface area contributed by atoms with Crippen molar-refractivity contribution in [3.8, 4) is 0 Å². The number of anilines is 1. The number of amides is 1. The van der Waals surface area contributed by atoms with Crippen LogP contribution < -0.4 is 10.9 Å². The van der Waals surface area contributed by atoms with Gasteiger partial charge in [-0.2, -0.15) is 5.10 Å². The normalized spacial score (nSPS) is 9.94. The summed E-state index contributed by atoms with van der Waals surface area (Å²) in [5.74, 6) is -0.137. The van der Waals surface area contributed by atoms with Gasteiger partial charge < -0.3 is 5.32 Å². The molecule has 0 aliphatic rings. The standard InChI is InChI=1S/C10H7BrN4O2/c11-7-3-1-2-6(12-7)10(17)13-8-4-5-9(16)15-14-8/h1-5H,(H,15,16)(H,13,14,17). The topological polar surface area (TPSA) is 87.7 Å². The van der Waals surface area contributed by atoms with Gasteiger partial charge in [0.25, 0.3) is 11.5 Å². The fraction of sp³-hybridized carbons (Fsp3) is 0. The average molecular weight is 295 g/mol. The molecule has 0 saturated heterocycles. The van der Waals surface area contributed by atoms with E-state index in [1.807, 2.05) is 0 Å². The zero-order valence-electron chi connectivity index (χ0n) is 8.48. The molecule has 0 atom stereocenters. The summed E-state index contributed by atoms with van der Waals surface area (Å²) in [6.07, 6.45) is 0. The molecule has 0 radical (unpaired) electrons. The van der Waals surface area contributed by atoms with Crippen molar-refractivity contribution >= 4 is 27.7 Å². The smallest absolute Gasteiger partial charge is 0.275 e. The Morgan fingerprint density at radius 2 is 2.12 bits per heavy atom. The number of nitrogens with zero attached hydrogens (tertiary/aromatic N) is 2. The van der Waals surface area contributed by atoms with E-state index in [1.54, 1.807) is 18.2 Å². The Labute approximate surface area is 104 Å². The van der Waals surface area contributed by atoms with E-state index in [1.165, 1.54) is 12.1 Å². The van der Waals surface area contributed by atoms with Gasteiger partial charge in [-0.25, -0.2) is 10.1 Å². The van der Waals surface area contributed by atoms with E-state index < -0.39 is 5.91 Å². The Morgan fingerprint density at radius 3 is 2.76 bits per heavy atom. The summed E-state index contributed by atoms with van der Waals surface area (Å²) in [5.41, 5.74) is -0.0732. The zero-order chi connectivity index (χ0) is 12.3. The van der Waals surface area contributed by atoms with Crippen LogP contribution in [0.15, 0.2) is 39.7 Å². The van der Waals surface area contributed by atoms with E-state index in [4.69, 9.17) is 0 Å². The summed E-state index contributed by atoms with van der Waals surface area (Å²) in [4.78, 5) is 26.5. The number of hydrogen-bond donors (Lipinski definition) is 2. The number of aromatic amines is 1. The highest BCUT2D eigenvalue weighted by Gasteiger charge is 2.08. The molecular formula is C10H7BrN4O2. The summed E-state index contributed by atoms with van der Waals surface area (Å²) >= 11 is 3.17. The van der Waals surface area contributed by atoms with Gasteiger partial charge in [-0.1, -0.05) is 6.07 Å². The van der Waals surface area contributed by atoms with E-state index in [2.05, 4.69) is 36.4 Å². The molecule has 0 fully saturated rings. The monoisotopic (exact) mass is 294 g/mol. The summed E-state index contributed by atoms with van der Waals surface area (Å²) in [6.45, 7) is 0. The van der Waals surface area contributed by atoms with Crippen LogP contribution in [0, 0.1) is 0 Å². The van der Waals surface area contributed by atoms with Gasteiger partial charge in [0.15, 0.2) is 5.82 Å². The van der Waals surface area contributed by atoms with Crippen LogP contribution in [0.3, 0.4) is 0 Å². The first-order chi connectivity index (χ1) is 8.15. The number of carbonyl (C=O) groups is 1. The van der Waals surface area contributed by atoms with E-state index in [9.17, 15) is 9.59 Å². The Hall–Kier alpha value is -2.02. The predicted molar refractivity (Wildman–Crippen MR) is 64.7 cm³/mol. The molecule has 6 nitrogen and oxygen atoms in total. The summed E-state index contributed by atoms with van der Waals surface area (Å²) in [7, 11) is 0. The first-order valence-electron chi connectivity index (χ1n) is 4.65. The van der Waals surface area contributed by atoms with Crippen LogP contribution in [0.25, 0.3) is 0 Å². The minimum absolute atomic E-state index is 0.257. The molecule has 7 heteroatoms.